The zero-order chi connectivity index (χ0) is 15.9. The van der Waals surface area contributed by atoms with Gasteiger partial charge in [0.05, 0.1) is 0 Å². The Morgan fingerprint density at radius 2 is 2.09 bits per heavy atom. The summed E-state index contributed by atoms with van der Waals surface area (Å²) in [7, 11) is 0. The molecule has 1 saturated heterocycles. The molecule has 1 aromatic carbocycles. The van der Waals surface area contributed by atoms with Crippen LogP contribution in [0.25, 0.3) is 0 Å². The molecule has 2 fully saturated rings. The molecule has 1 aromatic rings. The molecule has 0 spiro atoms. The van der Waals surface area contributed by atoms with Gasteiger partial charge in [0.15, 0.2) is 0 Å². The van der Waals surface area contributed by atoms with Gasteiger partial charge < -0.3 is 0 Å². The third-order valence-electron chi connectivity index (χ3n) is 5.12. The molecule has 0 unspecified atom stereocenters. The fraction of sp³-hybridized carbons (Fsp3) is 0.579. The molecule has 124 valence electrons. The average Bonchev–Trinajstić information content (AvgIpc) is 3.36. The van der Waals surface area contributed by atoms with Gasteiger partial charge in [-0.3, -0.25) is 0 Å². The Bertz CT molecular complexity index is 598. The Hall–Kier alpha value is -0.641. The quantitative estimate of drug-likeness (QED) is 0.609. The third kappa shape index (κ3) is 2.92. The van der Waals surface area contributed by atoms with Crippen LogP contribution in [0.5, 0.6) is 0 Å². The van der Waals surface area contributed by atoms with E-state index in [4.69, 9.17) is 9.47 Å². The van der Waals surface area contributed by atoms with Crippen molar-refractivity contribution in [1.82, 2.24) is 0 Å². The fourth-order valence-electron chi connectivity index (χ4n) is 3.77. The molecule has 1 heterocycles. The number of ether oxygens (including phenoxy) is 2. The first-order chi connectivity index (χ1) is 11.2. The van der Waals surface area contributed by atoms with Gasteiger partial charge in [0.1, 0.15) is 0 Å². The number of fused-ring (bicyclic) bond motifs is 2. The maximum absolute atomic E-state index is 10.2. The molecule has 4 heteroatoms. The minimum atomic E-state index is -0.528. The molecule has 1 saturated carbocycles. The normalized spacial score (nSPS) is 36.1. The summed E-state index contributed by atoms with van der Waals surface area (Å²) in [5, 5.41) is 10.2. The van der Waals surface area contributed by atoms with Gasteiger partial charge in [-0.25, -0.2) is 0 Å². The first-order valence-electron chi connectivity index (χ1n) is 8.45. The molecule has 0 radical (unpaired) electrons. The zero-order valence-corrected chi connectivity index (χ0v) is 15.2. The second kappa shape index (κ2) is 6.02. The van der Waals surface area contributed by atoms with E-state index in [-0.39, 0.29) is 31.8 Å². The Balaban J connectivity index is 1.65. The van der Waals surface area contributed by atoms with Gasteiger partial charge >= 0.3 is 144 Å². The molecular weight excluding hydrogens is 355 g/mol. The van der Waals surface area contributed by atoms with Crippen molar-refractivity contribution < 1.29 is 14.6 Å². The summed E-state index contributed by atoms with van der Waals surface area (Å²) in [4.78, 5) is 0.234. The summed E-state index contributed by atoms with van der Waals surface area (Å²) in [5.41, 5.74) is 1.01. The average molecular weight is 379 g/mol. The summed E-state index contributed by atoms with van der Waals surface area (Å²) >= 11 is 0.210. The van der Waals surface area contributed by atoms with Crippen LogP contribution in [0.15, 0.2) is 42.0 Å². The van der Waals surface area contributed by atoms with E-state index in [0.29, 0.717) is 12.5 Å². The van der Waals surface area contributed by atoms with Crippen LogP contribution >= 0.6 is 0 Å². The van der Waals surface area contributed by atoms with Crippen molar-refractivity contribution in [2.75, 3.05) is 19.8 Å². The zero-order valence-electron chi connectivity index (χ0n) is 13.5. The van der Waals surface area contributed by atoms with E-state index >= 15 is 0 Å². The molecule has 2 aliphatic carbocycles. The second-order valence-electron chi connectivity index (χ2n) is 7.22. The number of aliphatic hydroxyl groups is 1. The molecule has 23 heavy (non-hydrogen) atoms. The molecule has 3 aliphatic rings. The molecule has 0 aromatic heterocycles. The van der Waals surface area contributed by atoms with Gasteiger partial charge in [0.2, 0.25) is 0 Å². The van der Waals surface area contributed by atoms with Gasteiger partial charge in [-0.2, -0.15) is 0 Å². The van der Waals surface area contributed by atoms with Crippen LogP contribution in [-0.2, 0) is 9.47 Å². The summed E-state index contributed by atoms with van der Waals surface area (Å²) in [6.45, 7) is 3.65. The summed E-state index contributed by atoms with van der Waals surface area (Å²) in [5.74, 6) is 0.188. The van der Waals surface area contributed by atoms with Crippen molar-refractivity contribution in [3.8, 4) is 0 Å². The van der Waals surface area contributed by atoms with Crippen LogP contribution in [0.3, 0.4) is 0 Å². The van der Waals surface area contributed by atoms with E-state index in [1.54, 1.807) is 0 Å². The fourth-order valence-corrected chi connectivity index (χ4v) is 6.77. The van der Waals surface area contributed by atoms with Gasteiger partial charge in [-0.05, 0) is 0 Å². The van der Waals surface area contributed by atoms with E-state index in [0.717, 1.165) is 13.0 Å². The van der Waals surface area contributed by atoms with Crippen molar-refractivity contribution in [2.24, 2.45) is 11.3 Å². The van der Waals surface area contributed by atoms with E-state index in [1.165, 1.54) is 22.9 Å². The van der Waals surface area contributed by atoms with E-state index < -0.39 is 5.79 Å². The molecule has 1 N–H and O–H groups in total. The van der Waals surface area contributed by atoms with Gasteiger partial charge in [0, 0.05) is 0 Å². The van der Waals surface area contributed by atoms with Crippen molar-refractivity contribution in [1.29, 1.82) is 0 Å². The van der Waals surface area contributed by atoms with Crippen LogP contribution in [0.2, 0.25) is 4.82 Å². The number of hydrogen-bond donors (Lipinski definition) is 1. The van der Waals surface area contributed by atoms with Crippen molar-refractivity contribution in [2.45, 2.75) is 36.8 Å². The van der Waals surface area contributed by atoms with Crippen LogP contribution in [0.1, 0.15) is 26.2 Å². The monoisotopic (exact) mass is 380 g/mol. The maximum atomic E-state index is 10.2. The van der Waals surface area contributed by atoms with Crippen molar-refractivity contribution in [3.63, 3.8) is 0 Å². The molecular formula is C19H24O3Se. The SMILES string of the molecule is CC1=C[C@@]2(CO)CO[C@@](OCC3CC3)(C1)[C@H]2[Se]c1ccccc1. The topological polar surface area (TPSA) is 38.7 Å². The van der Waals surface area contributed by atoms with Gasteiger partial charge in [0.25, 0.3) is 0 Å². The molecule has 3 nitrogen and oxygen atoms in total. The van der Waals surface area contributed by atoms with Gasteiger partial charge in [-0.15, -0.1) is 0 Å². The molecule has 2 bridgehead atoms. The summed E-state index contributed by atoms with van der Waals surface area (Å²) < 4.78 is 14.0. The first kappa shape index (κ1) is 15.9. The standard InChI is InChI=1S/C19H24O3Se/c1-14-9-18(12-20)13-22-19(10-14,21-11-15-7-8-15)17(18)23-16-5-3-2-4-6-16/h2-6,9,15,17,20H,7-8,10-13H2,1H3/t17-,18+,19-/m0/s1. The number of hydrogen-bond acceptors (Lipinski definition) is 3. The predicted molar refractivity (Wildman–Crippen MR) is 90.8 cm³/mol. The van der Waals surface area contributed by atoms with Crippen LogP contribution < -0.4 is 4.46 Å². The molecule has 4 rings (SSSR count). The summed E-state index contributed by atoms with van der Waals surface area (Å²) in [6, 6.07) is 10.6. The predicted octanol–water partition coefficient (Wildman–Crippen LogP) is 2.29. The molecule has 1 aliphatic heterocycles. The Morgan fingerprint density at radius 3 is 2.78 bits per heavy atom. The van der Waals surface area contributed by atoms with E-state index in [9.17, 15) is 5.11 Å². The van der Waals surface area contributed by atoms with Crippen LogP contribution in [0, 0.1) is 11.3 Å². The van der Waals surface area contributed by atoms with Gasteiger partial charge in [-0.1, -0.05) is 0 Å². The minimum absolute atomic E-state index is 0.137. The Kier molecular flexibility index (Phi) is 4.15. The Morgan fingerprint density at radius 1 is 1.30 bits per heavy atom. The van der Waals surface area contributed by atoms with Crippen molar-refractivity contribution >= 4 is 19.4 Å². The van der Waals surface area contributed by atoms with Crippen molar-refractivity contribution in [3.05, 3.63) is 42.0 Å². The second-order valence-corrected chi connectivity index (χ2v) is 9.70. The molecule has 3 atom stereocenters. The Labute approximate surface area is 144 Å². The van der Waals surface area contributed by atoms with E-state index in [1.807, 2.05) is 0 Å². The summed E-state index contributed by atoms with van der Waals surface area (Å²) in [6.07, 6.45) is 5.66. The number of aliphatic hydroxyl groups excluding tert-OH is 1. The number of rotatable bonds is 6. The third-order valence-corrected chi connectivity index (χ3v) is 8.49. The first-order valence-corrected chi connectivity index (χ1v) is 10.3. The molecule has 0 amide bonds. The number of benzene rings is 1. The van der Waals surface area contributed by atoms with Crippen LogP contribution in [0.4, 0.5) is 0 Å². The van der Waals surface area contributed by atoms with E-state index in [2.05, 4.69) is 43.3 Å². The van der Waals surface area contributed by atoms with Crippen LogP contribution in [-0.4, -0.2) is 45.7 Å².